The van der Waals surface area contributed by atoms with Crippen molar-refractivity contribution in [3.63, 3.8) is 0 Å². The molecule has 0 bridgehead atoms. The van der Waals surface area contributed by atoms with E-state index in [1.54, 1.807) is 13.8 Å². The average Bonchev–Trinajstić information content (AvgIpc) is 2.66. The number of hydrogen-bond donors (Lipinski definition) is 1. The van der Waals surface area contributed by atoms with E-state index in [0.717, 1.165) is 5.01 Å². The van der Waals surface area contributed by atoms with Crippen molar-refractivity contribution in [1.82, 2.24) is 5.01 Å². The number of carbonyl (C=O) groups is 2. The van der Waals surface area contributed by atoms with Crippen LogP contribution in [-0.4, -0.2) is 40.5 Å². The Bertz CT molecular complexity index is 423. The number of hydrogen-bond acceptors (Lipinski definition) is 5. The molecule has 1 rings (SSSR count). The molecule has 1 aliphatic heterocycles. The highest BCUT2D eigenvalue weighted by Crippen LogP contribution is 2.34. The second-order valence-electron chi connectivity index (χ2n) is 6.09. The summed E-state index contributed by atoms with van der Waals surface area (Å²) in [5.41, 5.74) is -1.78. The van der Waals surface area contributed by atoms with Crippen molar-refractivity contribution < 1.29 is 19.4 Å². The van der Waals surface area contributed by atoms with Crippen LogP contribution < -0.4 is 0 Å². The summed E-state index contributed by atoms with van der Waals surface area (Å²) in [6.07, 6.45) is -0.0262. The first kappa shape index (κ1) is 15.6. The van der Waals surface area contributed by atoms with Gasteiger partial charge in [-0.25, -0.2) is 4.79 Å². The van der Waals surface area contributed by atoms with Crippen LogP contribution in [0.5, 0.6) is 0 Å². The smallest absolute Gasteiger partial charge is 0.361 e. The zero-order chi connectivity index (χ0) is 15.0. The predicted molar refractivity (Wildman–Crippen MR) is 70.2 cm³/mol. The van der Waals surface area contributed by atoms with Gasteiger partial charge in [0.1, 0.15) is 0 Å². The van der Waals surface area contributed by atoms with Crippen LogP contribution in [0.1, 0.15) is 41.0 Å². The third kappa shape index (κ3) is 2.78. The number of carbonyl (C=O) groups excluding carboxylic acids is 2. The van der Waals surface area contributed by atoms with E-state index in [1.165, 1.54) is 7.11 Å². The maximum absolute atomic E-state index is 12.1. The van der Waals surface area contributed by atoms with E-state index in [-0.39, 0.29) is 17.8 Å². The number of amides is 1. The standard InChI is InChI=1S/C13H22N2O4/c1-8(2)10(16)15-13(18,11(17)19-6)7-9(14-15)12(3,4)5/h8,18H,7H2,1-6H3. The van der Waals surface area contributed by atoms with Gasteiger partial charge in [-0.2, -0.15) is 10.1 Å². The van der Waals surface area contributed by atoms with E-state index in [4.69, 9.17) is 0 Å². The molecule has 1 unspecified atom stereocenters. The van der Waals surface area contributed by atoms with Crippen molar-refractivity contribution in [2.45, 2.75) is 46.8 Å². The molecule has 1 aliphatic rings. The first-order valence-corrected chi connectivity index (χ1v) is 6.27. The van der Waals surface area contributed by atoms with E-state index in [1.807, 2.05) is 20.8 Å². The molecule has 0 aromatic carbocycles. The number of nitrogens with zero attached hydrogens (tertiary/aromatic N) is 2. The highest BCUT2D eigenvalue weighted by atomic mass is 16.5. The Hall–Kier alpha value is -1.43. The Morgan fingerprint density at radius 1 is 1.42 bits per heavy atom. The van der Waals surface area contributed by atoms with Crippen LogP contribution in [0.3, 0.4) is 0 Å². The second-order valence-corrected chi connectivity index (χ2v) is 6.09. The van der Waals surface area contributed by atoms with Gasteiger partial charge in [-0.15, -0.1) is 0 Å². The van der Waals surface area contributed by atoms with Crippen molar-refractivity contribution in [3.05, 3.63) is 0 Å². The predicted octanol–water partition coefficient (Wildman–Crippen LogP) is 1.14. The van der Waals surface area contributed by atoms with Crippen LogP contribution in [0.25, 0.3) is 0 Å². The van der Waals surface area contributed by atoms with Crippen molar-refractivity contribution in [1.29, 1.82) is 0 Å². The normalized spacial score (nSPS) is 23.6. The molecule has 0 radical (unpaired) electrons. The van der Waals surface area contributed by atoms with Crippen molar-refractivity contribution in [2.24, 2.45) is 16.4 Å². The van der Waals surface area contributed by atoms with E-state index in [2.05, 4.69) is 9.84 Å². The molecule has 0 aromatic rings. The number of hydrazone groups is 1. The fraction of sp³-hybridized carbons (Fsp3) is 0.769. The van der Waals surface area contributed by atoms with Gasteiger partial charge in [0.25, 0.3) is 5.72 Å². The molecule has 108 valence electrons. The number of ether oxygens (including phenoxy) is 1. The zero-order valence-corrected chi connectivity index (χ0v) is 12.4. The summed E-state index contributed by atoms with van der Waals surface area (Å²) in [5.74, 6) is -1.66. The van der Waals surface area contributed by atoms with Crippen molar-refractivity contribution in [2.75, 3.05) is 7.11 Å². The number of esters is 1. The molecule has 1 amide bonds. The Balaban J connectivity index is 3.21. The Morgan fingerprint density at radius 3 is 2.32 bits per heavy atom. The fourth-order valence-corrected chi connectivity index (χ4v) is 1.76. The van der Waals surface area contributed by atoms with E-state index in [9.17, 15) is 14.7 Å². The molecule has 1 heterocycles. The third-order valence-corrected chi connectivity index (χ3v) is 3.07. The SMILES string of the molecule is COC(=O)C1(O)CC(C(C)(C)C)=NN1C(=O)C(C)C. The molecule has 1 N–H and O–H groups in total. The van der Waals surface area contributed by atoms with E-state index < -0.39 is 17.6 Å². The van der Waals surface area contributed by atoms with Crippen LogP contribution in [0.4, 0.5) is 0 Å². The molecular weight excluding hydrogens is 248 g/mol. The first-order chi connectivity index (χ1) is 8.54. The molecule has 0 fully saturated rings. The summed E-state index contributed by atoms with van der Waals surface area (Å²) in [6.45, 7) is 9.10. The maximum Gasteiger partial charge on any atom is 0.361 e. The quantitative estimate of drug-likeness (QED) is 0.763. The molecule has 0 aliphatic carbocycles. The largest absolute Gasteiger partial charge is 0.465 e. The van der Waals surface area contributed by atoms with Crippen LogP contribution in [-0.2, 0) is 14.3 Å². The topological polar surface area (TPSA) is 79.2 Å². The van der Waals surface area contributed by atoms with Crippen LogP contribution in [0.15, 0.2) is 5.10 Å². The number of methoxy groups -OCH3 is 1. The monoisotopic (exact) mass is 270 g/mol. The fourth-order valence-electron chi connectivity index (χ4n) is 1.76. The molecule has 0 aromatic heterocycles. The van der Waals surface area contributed by atoms with Gasteiger partial charge < -0.3 is 9.84 Å². The lowest BCUT2D eigenvalue weighted by atomic mass is 9.86. The Labute approximate surface area is 113 Å². The van der Waals surface area contributed by atoms with Crippen LogP contribution in [0.2, 0.25) is 0 Å². The highest BCUT2D eigenvalue weighted by Gasteiger charge is 2.53. The number of rotatable bonds is 2. The van der Waals surface area contributed by atoms with Gasteiger partial charge in [0.15, 0.2) is 0 Å². The summed E-state index contributed by atoms with van der Waals surface area (Å²) < 4.78 is 4.60. The lowest BCUT2D eigenvalue weighted by molar-refractivity contribution is -0.188. The molecule has 0 saturated carbocycles. The summed E-state index contributed by atoms with van der Waals surface area (Å²) in [6, 6.07) is 0. The van der Waals surface area contributed by atoms with Gasteiger partial charge in [0, 0.05) is 23.5 Å². The molecule has 19 heavy (non-hydrogen) atoms. The highest BCUT2D eigenvalue weighted by molar-refractivity contribution is 6.00. The Morgan fingerprint density at radius 2 is 1.95 bits per heavy atom. The average molecular weight is 270 g/mol. The molecule has 1 atom stereocenters. The van der Waals surface area contributed by atoms with E-state index in [0.29, 0.717) is 5.71 Å². The molecular formula is C13H22N2O4. The number of aliphatic hydroxyl groups is 1. The zero-order valence-electron chi connectivity index (χ0n) is 12.4. The lowest BCUT2D eigenvalue weighted by Gasteiger charge is -2.29. The van der Waals surface area contributed by atoms with Gasteiger partial charge in [-0.1, -0.05) is 34.6 Å². The second kappa shape index (κ2) is 4.92. The maximum atomic E-state index is 12.1. The molecule has 0 saturated heterocycles. The molecule has 6 nitrogen and oxygen atoms in total. The van der Waals surface area contributed by atoms with Crippen LogP contribution in [0, 0.1) is 11.3 Å². The Kier molecular flexibility index (Phi) is 4.05. The summed E-state index contributed by atoms with van der Waals surface area (Å²) in [5, 5.41) is 15.5. The van der Waals surface area contributed by atoms with Gasteiger partial charge in [-0.3, -0.25) is 4.79 Å². The summed E-state index contributed by atoms with van der Waals surface area (Å²) >= 11 is 0. The molecule has 6 heteroatoms. The van der Waals surface area contributed by atoms with Gasteiger partial charge in [0.2, 0.25) is 5.91 Å². The summed E-state index contributed by atoms with van der Waals surface area (Å²) in [7, 11) is 1.17. The van der Waals surface area contributed by atoms with Crippen molar-refractivity contribution in [3.8, 4) is 0 Å². The van der Waals surface area contributed by atoms with Gasteiger partial charge in [-0.05, 0) is 0 Å². The van der Waals surface area contributed by atoms with E-state index >= 15 is 0 Å². The van der Waals surface area contributed by atoms with Gasteiger partial charge in [0.05, 0.1) is 7.11 Å². The van der Waals surface area contributed by atoms with Crippen LogP contribution >= 0.6 is 0 Å². The summed E-state index contributed by atoms with van der Waals surface area (Å²) in [4.78, 5) is 23.9. The van der Waals surface area contributed by atoms with Crippen molar-refractivity contribution >= 4 is 17.6 Å². The lowest BCUT2D eigenvalue weighted by Crippen LogP contribution is -2.54. The first-order valence-electron chi connectivity index (χ1n) is 6.27. The minimum Gasteiger partial charge on any atom is -0.465 e. The molecule has 0 spiro atoms. The third-order valence-electron chi connectivity index (χ3n) is 3.07. The minimum absolute atomic E-state index is 0.0262. The minimum atomic E-state index is -2.03. The van der Waals surface area contributed by atoms with Gasteiger partial charge >= 0.3 is 5.97 Å².